The summed E-state index contributed by atoms with van der Waals surface area (Å²) in [6.07, 6.45) is 0. The summed E-state index contributed by atoms with van der Waals surface area (Å²) in [6, 6.07) is 12.2. The molecule has 1 aliphatic heterocycles. The largest absolute Gasteiger partial charge is 0.495 e. The Morgan fingerprint density at radius 2 is 1.70 bits per heavy atom. The number of benzene rings is 2. The fourth-order valence-corrected chi connectivity index (χ4v) is 5.68. The molecule has 0 aromatic heterocycles. The van der Waals surface area contributed by atoms with Gasteiger partial charge in [-0.1, -0.05) is 37.6 Å². The maximum atomic E-state index is 13.0. The summed E-state index contributed by atoms with van der Waals surface area (Å²) in [5.74, 6) is 0.716. The molecule has 0 aliphatic carbocycles. The lowest BCUT2D eigenvalue weighted by atomic mass is 10.2. The van der Waals surface area contributed by atoms with E-state index in [4.69, 9.17) is 21.1 Å². The van der Waals surface area contributed by atoms with Crippen LogP contribution in [0.2, 0.25) is 5.02 Å². The molecule has 2 aromatic rings. The van der Waals surface area contributed by atoms with E-state index in [9.17, 15) is 13.2 Å². The van der Waals surface area contributed by atoms with Crippen molar-refractivity contribution in [2.75, 3.05) is 57.9 Å². The maximum Gasteiger partial charge on any atom is 0.260 e. The predicted octanol–water partition coefficient (Wildman–Crippen LogP) is 3.11. The maximum absolute atomic E-state index is 13.0. The van der Waals surface area contributed by atoms with Crippen LogP contribution in [0.25, 0.3) is 0 Å². The van der Waals surface area contributed by atoms with E-state index < -0.39 is 10.0 Å². The third-order valence-corrected chi connectivity index (χ3v) is 7.94. The van der Waals surface area contributed by atoms with Crippen molar-refractivity contribution >= 4 is 33.2 Å². The monoisotopic (exact) mass is 495 g/mol. The number of methoxy groups -OCH3 is 1. The van der Waals surface area contributed by atoms with Crippen LogP contribution in [-0.4, -0.2) is 76.5 Å². The van der Waals surface area contributed by atoms with Gasteiger partial charge in [-0.3, -0.25) is 4.79 Å². The van der Waals surface area contributed by atoms with Crippen molar-refractivity contribution in [3.8, 4) is 11.5 Å². The minimum Gasteiger partial charge on any atom is -0.495 e. The Hall–Kier alpha value is -2.49. The molecule has 1 saturated heterocycles. The van der Waals surface area contributed by atoms with Crippen LogP contribution in [0, 0.1) is 0 Å². The lowest BCUT2D eigenvalue weighted by molar-refractivity contribution is -0.133. The Morgan fingerprint density at radius 3 is 2.33 bits per heavy atom. The first-order valence-corrected chi connectivity index (χ1v) is 12.7. The number of carbonyl (C=O) groups excluding carboxylic acids is 1. The number of sulfonamides is 1. The van der Waals surface area contributed by atoms with Gasteiger partial charge >= 0.3 is 0 Å². The highest BCUT2D eigenvalue weighted by atomic mass is 35.5. The quantitative estimate of drug-likeness (QED) is 0.532. The van der Waals surface area contributed by atoms with Gasteiger partial charge in [-0.15, -0.1) is 0 Å². The van der Waals surface area contributed by atoms with Gasteiger partial charge in [-0.05, 0) is 30.3 Å². The number of carbonyl (C=O) groups is 1. The zero-order valence-corrected chi connectivity index (χ0v) is 20.7. The molecule has 10 heteroatoms. The number of piperazine rings is 1. The Balaban J connectivity index is 1.65. The van der Waals surface area contributed by atoms with E-state index in [1.54, 1.807) is 31.9 Å². The van der Waals surface area contributed by atoms with Crippen molar-refractivity contribution in [3.05, 3.63) is 47.5 Å². The molecule has 0 unspecified atom stereocenters. The Labute approximate surface area is 200 Å². The van der Waals surface area contributed by atoms with Gasteiger partial charge in [0.1, 0.15) is 16.4 Å². The molecule has 0 saturated carbocycles. The first kappa shape index (κ1) is 25.1. The van der Waals surface area contributed by atoms with Crippen molar-refractivity contribution in [1.29, 1.82) is 0 Å². The molecule has 33 heavy (non-hydrogen) atoms. The summed E-state index contributed by atoms with van der Waals surface area (Å²) in [5.41, 5.74) is 0.996. The number of para-hydroxylation sites is 2. The van der Waals surface area contributed by atoms with Gasteiger partial charge in [0.25, 0.3) is 5.91 Å². The Bertz CT molecular complexity index is 1070. The second kappa shape index (κ2) is 11.1. The molecule has 0 spiro atoms. The van der Waals surface area contributed by atoms with Gasteiger partial charge in [-0.25, -0.2) is 8.42 Å². The summed E-state index contributed by atoms with van der Waals surface area (Å²) in [4.78, 5) is 16.6. The highest BCUT2D eigenvalue weighted by Crippen LogP contribution is 2.30. The second-order valence-corrected chi connectivity index (χ2v) is 9.85. The third kappa shape index (κ3) is 5.72. The average Bonchev–Trinajstić information content (AvgIpc) is 2.83. The third-order valence-electron chi connectivity index (χ3n) is 5.64. The number of hydrogen-bond donors (Lipinski definition) is 0. The van der Waals surface area contributed by atoms with E-state index in [-0.39, 0.29) is 28.2 Å². The number of hydrogen-bond acceptors (Lipinski definition) is 6. The van der Waals surface area contributed by atoms with Gasteiger partial charge < -0.3 is 19.3 Å². The molecule has 0 bridgehead atoms. The molecule has 1 fully saturated rings. The standard InChI is InChI=1S/C23H30ClN3O5S/c1-4-27(5-2)33(29,30)22-16-18(24)10-11-21(22)32-17-23(28)26-14-12-25(13-15-26)19-8-6-7-9-20(19)31-3/h6-11,16H,4-5,12-15,17H2,1-3H3. The number of nitrogens with zero attached hydrogens (tertiary/aromatic N) is 3. The number of halogens is 1. The van der Waals surface area contributed by atoms with Crippen molar-refractivity contribution in [3.63, 3.8) is 0 Å². The fourth-order valence-electron chi connectivity index (χ4n) is 3.82. The van der Waals surface area contributed by atoms with E-state index in [1.807, 2.05) is 24.3 Å². The summed E-state index contributed by atoms with van der Waals surface area (Å²) in [6.45, 7) is 6.30. The van der Waals surface area contributed by atoms with Crippen molar-refractivity contribution in [2.45, 2.75) is 18.7 Å². The van der Waals surface area contributed by atoms with Gasteiger partial charge in [0, 0.05) is 44.3 Å². The fraction of sp³-hybridized carbons (Fsp3) is 0.435. The van der Waals surface area contributed by atoms with Crippen LogP contribution in [0.1, 0.15) is 13.8 Å². The normalized spacial score (nSPS) is 14.5. The first-order chi connectivity index (χ1) is 15.8. The van der Waals surface area contributed by atoms with Crippen LogP contribution >= 0.6 is 11.6 Å². The molecule has 3 rings (SSSR count). The molecule has 1 aliphatic rings. The predicted molar refractivity (Wildman–Crippen MR) is 129 cm³/mol. The molecule has 1 heterocycles. The molecule has 0 atom stereocenters. The minimum absolute atomic E-state index is 0.0347. The summed E-state index contributed by atoms with van der Waals surface area (Å²) in [5, 5.41) is 0.284. The van der Waals surface area contributed by atoms with Gasteiger partial charge in [0.15, 0.2) is 6.61 Å². The summed E-state index contributed by atoms with van der Waals surface area (Å²) < 4.78 is 38.5. The molecular formula is C23H30ClN3O5S. The Morgan fingerprint density at radius 1 is 1.03 bits per heavy atom. The average molecular weight is 496 g/mol. The number of anilines is 1. The van der Waals surface area contributed by atoms with E-state index in [0.717, 1.165) is 11.4 Å². The number of rotatable bonds is 9. The molecule has 0 N–H and O–H groups in total. The molecule has 8 nitrogen and oxygen atoms in total. The summed E-state index contributed by atoms with van der Waals surface area (Å²) in [7, 11) is -2.15. The number of amides is 1. The molecular weight excluding hydrogens is 466 g/mol. The zero-order chi connectivity index (χ0) is 24.0. The zero-order valence-electron chi connectivity index (χ0n) is 19.2. The minimum atomic E-state index is -3.79. The number of ether oxygens (including phenoxy) is 2. The molecule has 180 valence electrons. The van der Waals surface area contributed by atoms with Crippen LogP contribution in [0.15, 0.2) is 47.4 Å². The lowest BCUT2D eigenvalue weighted by Crippen LogP contribution is -2.50. The molecule has 2 aromatic carbocycles. The topological polar surface area (TPSA) is 79.4 Å². The van der Waals surface area contributed by atoms with Crippen LogP contribution in [0.3, 0.4) is 0 Å². The second-order valence-electron chi connectivity index (χ2n) is 7.51. The molecule has 1 amide bonds. The summed E-state index contributed by atoms with van der Waals surface area (Å²) >= 11 is 6.06. The van der Waals surface area contributed by atoms with Gasteiger partial charge in [0.2, 0.25) is 10.0 Å². The van der Waals surface area contributed by atoms with Crippen molar-refractivity contribution < 1.29 is 22.7 Å². The van der Waals surface area contributed by atoms with Crippen LogP contribution in [-0.2, 0) is 14.8 Å². The highest BCUT2D eigenvalue weighted by molar-refractivity contribution is 7.89. The molecule has 0 radical (unpaired) electrons. The lowest BCUT2D eigenvalue weighted by Gasteiger charge is -2.36. The van der Waals surface area contributed by atoms with Crippen LogP contribution in [0.4, 0.5) is 5.69 Å². The van der Waals surface area contributed by atoms with E-state index in [2.05, 4.69) is 4.90 Å². The SMILES string of the molecule is CCN(CC)S(=O)(=O)c1cc(Cl)ccc1OCC(=O)N1CCN(c2ccccc2OC)CC1. The van der Waals surface area contributed by atoms with E-state index in [0.29, 0.717) is 39.3 Å². The van der Waals surface area contributed by atoms with Crippen LogP contribution in [0.5, 0.6) is 11.5 Å². The van der Waals surface area contributed by atoms with Crippen LogP contribution < -0.4 is 14.4 Å². The first-order valence-electron chi connectivity index (χ1n) is 10.9. The van der Waals surface area contributed by atoms with Crippen molar-refractivity contribution in [2.24, 2.45) is 0 Å². The van der Waals surface area contributed by atoms with E-state index in [1.165, 1.54) is 16.4 Å². The Kier molecular flexibility index (Phi) is 8.45. The van der Waals surface area contributed by atoms with Gasteiger partial charge in [-0.2, -0.15) is 4.31 Å². The van der Waals surface area contributed by atoms with Crippen molar-refractivity contribution in [1.82, 2.24) is 9.21 Å². The smallest absolute Gasteiger partial charge is 0.260 e. The highest BCUT2D eigenvalue weighted by Gasteiger charge is 2.28. The van der Waals surface area contributed by atoms with E-state index >= 15 is 0 Å². The van der Waals surface area contributed by atoms with Gasteiger partial charge in [0.05, 0.1) is 12.8 Å².